The number of amidine groups is 1. The van der Waals surface area contributed by atoms with E-state index in [1.54, 1.807) is 12.2 Å². The van der Waals surface area contributed by atoms with Crippen LogP contribution in [-0.4, -0.2) is 34.4 Å². The summed E-state index contributed by atoms with van der Waals surface area (Å²) in [6.45, 7) is 12.1. The number of nitrogens with one attached hydrogen (secondary N) is 2. The normalized spacial score (nSPS) is 11.4. The minimum absolute atomic E-state index is 0.183. The van der Waals surface area contributed by atoms with Gasteiger partial charge in [0.15, 0.2) is 5.17 Å². The van der Waals surface area contributed by atoms with Crippen molar-refractivity contribution in [3.8, 4) is 0 Å². The first-order chi connectivity index (χ1) is 8.04. The van der Waals surface area contributed by atoms with Crippen LogP contribution in [0, 0.1) is 5.41 Å². The van der Waals surface area contributed by atoms with E-state index in [0.29, 0.717) is 18.3 Å². The smallest absolute Gasteiger partial charge is 0.317 e. The zero-order valence-electron chi connectivity index (χ0n) is 10.5. The van der Waals surface area contributed by atoms with Crippen LogP contribution in [0.25, 0.3) is 0 Å². The number of carbonyl (C=O) groups is 1. The predicted molar refractivity (Wildman–Crippen MR) is 75.6 cm³/mol. The van der Waals surface area contributed by atoms with Gasteiger partial charge in [-0.15, -0.1) is 13.2 Å². The van der Waals surface area contributed by atoms with Crippen molar-refractivity contribution in [3.63, 3.8) is 0 Å². The lowest BCUT2D eigenvalue weighted by Crippen LogP contribution is -2.42. The van der Waals surface area contributed by atoms with Crippen LogP contribution >= 0.6 is 11.8 Å². The van der Waals surface area contributed by atoms with Gasteiger partial charge in [0.1, 0.15) is 0 Å². The van der Waals surface area contributed by atoms with Gasteiger partial charge in [0.05, 0.1) is 0 Å². The molecule has 0 aromatic carbocycles. The quantitative estimate of drug-likeness (QED) is 0.435. The number of hydrogen-bond donors (Lipinski definition) is 2. The minimum Gasteiger partial charge on any atom is -0.317 e. The first kappa shape index (κ1) is 15.8. The maximum atomic E-state index is 11.8. The average molecular weight is 255 g/mol. The molecule has 0 saturated carbocycles. The molecule has 0 spiro atoms. The molecule has 1 unspecified atom stereocenters. The van der Waals surface area contributed by atoms with Gasteiger partial charge in [-0.3, -0.25) is 10.7 Å². The van der Waals surface area contributed by atoms with E-state index < -0.39 is 0 Å². The molecule has 2 amide bonds. The Morgan fingerprint density at radius 3 is 2.41 bits per heavy atom. The standard InChI is InChI=1S/C12H21N3OS/c1-5-8-15(9-6-2)12(16)14-11(13)17-10(4)7-3/h5-6,10H,1-2,7-9H2,3-4H3,(H2,13,14,16). The number of nitrogens with zero attached hydrogens (tertiary/aromatic N) is 1. The summed E-state index contributed by atoms with van der Waals surface area (Å²) in [6, 6.07) is -0.286. The third-order valence-corrected chi connectivity index (χ3v) is 3.17. The second-order valence-electron chi connectivity index (χ2n) is 3.58. The zero-order chi connectivity index (χ0) is 13.3. The fourth-order valence-electron chi connectivity index (χ4n) is 1.04. The summed E-state index contributed by atoms with van der Waals surface area (Å²) in [4.78, 5) is 13.3. The fourth-order valence-corrected chi connectivity index (χ4v) is 1.76. The van der Waals surface area contributed by atoms with Crippen LogP contribution in [0.15, 0.2) is 25.3 Å². The van der Waals surface area contributed by atoms with E-state index in [0.717, 1.165) is 6.42 Å². The average Bonchev–Trinajstić information content (AvgIpc) is 2.28. The molecule has 0 aromatic heterocycles. The Balaban J connectivity index is 4.24. The zero-order valence-corrected chi connectivity index (χ0v) is 11.3. The molecule has 1 atom stereocenters. The second kappa shape index (κ2) is 8.87. The predicted octanol–water partition coefficient (Wildman–Crippen LogP) is 2.84. The summed E-state index contributed by atoms with van der Waals surface area (Å²) in [7, 11) is 0. The number of hydrogen-bond acceptors (Lipinski definition) is 3. The van der Waals surface area contributed by atoms with E-state index in [4.69, 9.17) is 5.41 Å². The molecule has 4 nitrogen and oxygen atoms in total. The first-order valence-electron chi connectivity index (χ1n) is 5.58. The summed E-state index contributed by atoms with van der Waals surface area (Å²) in [6.07, 6.45) is 4.26. The Labute approximate surface area is 108 Å². The summed E-state index contributed by atoms with van der Waals surface area (Å²) < 4.78 is 0. The van der Waals surface area contributed by atoms with Gasteiger partial charge in [-0.1, -0.05) is 37.8 Å². The molecule has 0 aliphatic heterocycles. The molecule has 5 heteroatoms. The number of amides is 2. The minimum atomic E-state index is -0.286. The summed E-state index contributed by atoms with van der Waals surface area (Å²) in [5.41, 5.74) is 0. The van der Waals surface area contributed by atoms with Crippen molar-refractivity contribution in [1.82, 2.24) is 10.2 Å². The van der Waals surface area contributed by atoms with Crippen LogP contribution in [0.2, 0.25) is 0 Å². The number of urea groups is 1. The van der Waals surface area contributed by atoms with E-state index in [1.807, 2.05) is 6.92 Å². The molecule has 96 valence electrons. The summed E-state index contributed by atoms with van der Waals surface area (Å²) in [5, 5.41) is 10.7. The lowest BCUT2D eigenvalue weighted by molar-refractivity contribution is 0.213. The van der Waals surface area contributed by atoms with E-state index in [9.17, 15) is 4.79 Å². The third-order valence-electron chi connectivity index (χ3n) is 2.10. The maximum Gasteiger partial charge on any atom is 0.323 e. The highest BCUT2D eigenvalue weighted by Gasteiger charge is 2.13. The molecule has 0 radical (unpaired) electrons. The van der Waals surface area contributed by atoms with Crippen LogP contribution in [0.3, 0.4) is 0 Å². The van der Waals surface area contributed by atoms with Crippen molar-refractivity contribution in [2.75, 3.05) is 13.1 Å². The van der Waals surface area contributed by atoms with Gasteiger partial charge in [-0.2, -0.15) is 0 Å². The second-order valence-corrected chi connectivity index (χ2v) is 5.03. The molecule has 0 saturated heterocycles. The van der Waals surface area contributed by atoms with E-state index in [-0.39, 0.29) is 11.2 Å². The van der Waals surface area contributed by atoms with Gasteiger partial charge in [0.2, 0.25) is 0 Å². The van der Waals surface area contributed by atoms with E-state index in [1.165, 1.54) is 16.7 Å². The Bertz CT molecular complexity index is 281. The third kappa shape index (κ3) is 6.84. The Hall–Kier alpha value is -1.23. The molecule has 0 rings (SSSR count). The van der Waals surface area contributed by atoms with Gasteiger partial charge in [0, 0.05) is 18.3 Å². The van der Waals surface area contributed by atoms with E-state index >= 15 is 0 Å². The SMILES string of the molecule is C=CCN(CC=C)C(=O)NC(=N)SC(C)CC. The number of rotatable bonds is 6. The largest absolute Gasteiger partial charge is 0.323 e. The van der Waals surface area contributed by atoms with Crippen molar-refractivity contribution < 1.29 is 4.79 Å². The van der Waals surface area contributed by atoms with E-state index in [2.05, 4.69) is 25.4 Å². The first-order valence-corrected chi connectivity index (χ1v) is 6.46. The molecular weight excluding hydrogens is 234 g/mol. The molecule has 0 aliphatic rings. The molecule has 0 heterocycles. The molecule has 17 heavy (non-hydrogen) atoms. The lowest BCUT2D eigenvalue weighted by Gasteiger charge is -2.20. The van der Waals surface area contributed by atoms with Gasteiger partial charge < -0.3 is 4.90 Å². The highest BCUT2D eigenvalue weighted by atomic mass is 32.2. The number of thioether (sulfide) groups is 1. The molecule has 0 aromatic rings. The van der Waals surface area contributed by atoms with Crippen LogP contribution in [0.4, 0.5) is 4.79 Å². The Morgan fingerprint density at radius 2 is 2.00 bits per heavy atom. The fraction of sp³-hybridized carbons (Fsp3) is 0.500. The molecule has 0 fully saturated rings. The van der Waals surface area contributed by atoms with Crippen LogP contribution in [-0.2, 0) is 0 Å². The van der Waals surface area contributed by atoms with Crippen molar-refractivity contribution in [2.45, 2.75) is 25.5 Å². The van der Waals surface area contributed by atoms with Crippen LogP contribution < -0.4 is 5.32 Å². The Kier molecular flexibility index (Phi) is 8.23. The highest BCUT2D eigenvalue weighted by Crippen LogP contribution is 2.13. The van der Waals surface area contributed by atoms with Crippen LogP contribution in [0.1, 0.15) is 20.3 Å². The molecule has 0 aliphatic carbocycles. The van der Waals surface area contributed by atoms with Crippen LogP contribution in [0.5, 0.6) is 0 Å². The molecular formula is C12H21N3OS. The maximum absolute atomic E-state index is 11.8. The van der Waals surface area contributed by atoms with Crippen molar-refractivity contribution in [1.29, 1.82) is 5.41 Å². The molecule has 0 bridgehead atoms. The summed E-state index contributed by atoms with van der Waals surface area (Å²) >= 11 is 1.35. The van der Waals surface area contributed by atoms with Gasteiger partial charge >= 0.3 is 6.03 Å². The van der Waals surface area contributed by atoms with Crippen molar-refractivity contribution >= 4 is 23.0 Å². The summed E-state index contributed by atoms with van der Waals surface area (Å²) in [5.74, 6) is 0. The van der Waals surface area contributed by atoms with Gasteiger partial charge in [-0.05, 0) is 6.42 Å². The van der Waals surface area contributed by atoms with Gasteiger partial charge in [0.25, 0.3) is 0 Å². The number of carbonyl (C=O) groups excluding carboxylic acids is 1. The highest BCUT2D eigenvalue weighted by molar-refractivity contribution is 8.14. The monoisotopic (exact) mass is 255 g/mol. The van der Waals surface area contributed by atoms with Gasteiger partial charge in [-0.25, -0.2) is 4.79 Å². The van der Waals surface area contributed by atoms with Crippen molar-refractivity contribution in [3.05, 3.63) is 25.3 Å². The molecule has 2 N–H and O–H groups in total. The Morgan fingerprint density at radius 1 is 1.47 bits per heavy atom. The topological polar surface area (TPSA) is 56.2 Å². The van der Waals surface area contributed by atoms with Crippen molar-refractivity contribution in [2.24, 2.45) is 0 Å². The lowest BCUT2D eigenvalue weighted by atomic mass is 10.4.